The van der Waals surface area contributed by atoms with Crippen LogP contribution in [0.4, 0.5) is 5.69 Å². The van der Waals surface area contributed by atoms with Gasteiger partial charge in [0.1, 0.15) is 0 Å². The van der Waals surface area contributed by atoms with Crippen molar-refractivity contribution in [1.29, 1.82) is 0 Å². The smallest absolute Gasteiger partial charge is 0.238 e. The normalized spacial score (nSPS) is 16.0. The van der Waals surface area contributed by atoms with Gasteiger partial charge in [-0.15, -0.1) is 0 Å². The molecule has 2 N–H and O–H groups in total. The lowest BCUT2D eigenvalue weighted by atomic mass is 10.1. The Kier molecular flexibility index (Phi) is 5.47. The maximum Gasteiger partial charge on any atom is 0.238 e. The van der Waals surface area contributed by atoms with Crippen molar-refractivity contribution in [2.24, 2.45) is 0 Å². The number of hydrogen-bond acceptors (Lipinski definition) is 4. The standard InChI is InChI=1S/C16H23N3O2/c1-12(20)14-5-3-4-6-15(14)18-16(21)11-19(2)13-7-9-17-10-8-13/h3-6,13,17H,7-11H2,1-2H3,(H,18,21). The highest BCUT2D eigenvalue weighted by Gasteiger charge is 2.20. The summed E-state index contributed by atoms with van der Waals surface area (Å²) in [5, 5.41) is 6.16. The molecular weight excluding hydrogens is 266 g/mol. The molecule has 5 nitrogen and oxygen atoms in total. The van der Waals surface area contributed by atoms with E-state index in [1.165, 1.54) is 6.92 Å². The van der Waals surface area contributed by atoms with E-state index in [0.29, 0.717) is 23.8 Å². The Labute approximate surface area is 125 Å². The van der Waals surface area contributed by atoms with Crippen LogP contribution in [-0.4, -0.2) is 49.3 Å². The van der Waals surface area contributed by atoms with Gasteiger partial charge in [0, 0.05) is 11.6 Å². The van der Waals surface area contributed by atoms with Crippen molar-refractivity contribution in [3.63, 3.8) is 0 Å². The van der Waals surface area contributed by atoms with Crippen LogP contribution in [0.15, 0.2) is 24.3 Å². The molecule has 0 aromatic heterocycles. The number of Topliss-reactive ketones (excluding diaryl/α,β-unsaturated/α-hetero) is 1. The van der Waals surface area contributed by atoms with Crippen molar-refractivity contribution < 1.29 is 9.59 Å². The molecule has 0 saturated carbocycles. The molecule has 1 aromatic rings. The van der Waals surface area contributed by atoms with Gasteiger partial charge in [-0.1, -0.05) is 12.1 Å². The van der Waals surface area contributed by atoms with Crippen LogP contribution >= 0.6 is 0 Å². The number of benzene rings is 1. The van der Waals surface area contributed by atoms with Crippen LogP contribution in [0.25, 0.3) is 0 Å². The maximum atomic E-state index is 12.2. The summed E-state index contributed by atoms with van der Waals surface area (Å²) in [7, 11) is 1.98. The number of piperidine rings is 1. The Hall–Kier alpha value is -1.72. The van der Waals surface area contributed by atoms with Gasteiger partial charge in [-0.2, -0.15) is 0 Å². The predicted molar refractivity (Wildman–Crippen MR) is 83.6 cm³/mol. The van der Waals surface area contributed by atoms with Gasteiger partial charge in [0.25, 0.3) is 0 Å². The fourth-order valence-electron chi connectivity index (χ4n) is 2.69. The molecule has 1 fully saturated rings. The van der Waals surface area contributed by atoms with Crippen LogP contribution in [0.2, 0.25) is 0 Å². The van der Waals surface area contributed by atoms with Crippen molar-refractivity contribution in [3.8, 4) is 0 Å². The van der Waals surface area contributed by atoms with E-state index in [9.17, 15) is 9.59 Å². The van der Waals surface area contributed by atoms with E-state index in [4.69, 9.17) is 0 Å². The van der Waals surface area contributed by atoms with Gasteiger partial charge in [-0.25, -0.2) is 0 Å². The number of nitrogens with one attached hydrogen (secondary N) is 2. The van der Waals surface area contributed by atoms with Gasteiger partial charge < -0.3 is 10.6 Å². The quantitative estimate of drug-likeness (QED) is 0.807. The third-order valence-corrected chi connectivity index (χ3v) is 3.91. The Morgan fingerprint density at radius 2 is 1.95 bits per heavy atom. The van der Waals surface area contributed by atoms with Gasteiger partial charge in [-0.3, -0.25) is 14.5 Å². The van der Waals surface area contributed by atoms with Crippen LogP contribution in [0.1, 0.15) is 30.1 Å². The Morgan fingerprint density at radius 1 is 1.29 bits per heavy atom. The molecule has 1 aliphatic heterocycles. The van der Waals surface area contributed by atoms with Crippen LogP contribution in [-0.2, 0) is 4.79 Å². The molecular formula is C16H23N3O2. The maximum absolute atomic E-state index is 12.2. The third kappa shape index (κ3) is 4.37. The number of carbonyl (C=O) groups is 2. The number of ketones is 1. The minimum absolute atomic E-state index is 0.0439. The summed E-state index contributed by atoms with van der Waals surface area (Å²) in [5.41, 5.74) is 1.14. The van der Waals surface area contributed by atoms with Crippen LogP contribution in [0.5, 0.6) is 0 Å². The van der Waals surface area contributed by atoms with E-state index in [1.807, 2.05) is 13.1 Å². The highest BCUT2D eigenvalue weighted by Crippen LogP contribution is 2.16. The number of rotatable bonds is 5. The van der Waals surface area contributed by atoms with Crippen molar-refractivity contribution in [3.05, 3.63) is 29.8 Å². The number of likely N-dealkylation sites (N-methyl/N-ethyl adjacent to an activating group) is 1. The second-order valence-corrected chi connectivity index (χ2v) is 5.55. The number of para-hydroxylation sites is 1. The molecule has 5 heteroatoms. The van der Waals surface area contributed by atoms with E-state index in [2.05, 4.69) is 15.5 Å². The molecule has 0 unspecified atom stereocenters. The van der Waals surface area contributed by atoms with Crippen molar-refractivity contribution in [2.75, 3.05) is 32.0 Å². The fraction of sp³-hybridized carbons (Fsp3) is 0.500. The zero-order chi connectivity index (χ0) is 15.2. The summed E-state index contributed by atoms with van der Waals surface area (Å²) >= 11 is 0. The molecule has 21 heavy (non-hydrogen) atoms. The molecule has 0 radical (unpaired) electrons. The van der Waals surface area contributed by atoms with Crippen LogP contribution in [0, 0.1) is 0 Å². The molecule has 1 saturated heterocycles. The summed E-state index contributed by atoms with van der Waals surface area (Å²) in [6.45, 7) is 3.86. The largest absolute Gasteiger partial charge is 0.324 e. The molecule has 0 bridgehead atoms. The second-order valence-electron chi connectivity index (χ2n) is 5.55. The number of hydrogen-bond donors (Lipinski definition) is 2. The molecule has 1 heterocycles. The predicted octanol–water partition coefficient (Wildman–Crippen LogP) is 1.51. The lowest BCUT2D eigenvalue weighted by Gasteiger charge is -2.31. The van der Waals surface area contributed by atoms with Gasteiger partial charge in [-0.05, 0) is 52.0 Å². The summed E-state index contributed by atoms with van der Waals surface area (Å²) in [5.74, 6) is -0.123. The average molecular weight is 289 g/mol. The Balaban J connectivity index is 1.94. The topological polar surface area (TPSA) is 61.4 Å². The molecule has 1 aliphatic rings. The Morgan fingerprint density at radius 3 is 2.62 bits per heavy atom. The van der Waals surface area contributed by atoms with Crippen molar-refractivity contribution in [1.82, 2.24) is 10.2 Å². The number of carbonyl (C=O) groups excluding carboxylic acids is 2. The lowest BCUT2D eigenvalue weighted by Crippen LogP contribution is -2.44. The van der Waals surface area contributed by atoms with E-state index in [-0.39, 0.29) is 11.7 Å². The number of anilines is 1. The first-order valence-electron chi connectivity index (χ1n) is 7.38. The van der Waals surface area contributed by atoms with Gasteiger partial charge in [0.05, 0.1) is 12.2 Å². The number of nitrogens with zero attached hydrogens (tertiary/aromatic N) is 1. The summed E-state index contributed by atoms with van der Waals surface area (Å²) in [4.78, 5) is 25.8. The van der Waals surface area contributed by atoms with Crippen LogP contribution in [0.3, 0.4) is 0 Å². The molecule has 0 aliphatic carbocycles. The lowest BCUT2D eigenvalue weighted by molar-refractivity contribution is -0.117. The monoisotopic (exact) mass is 289 g/mol. The summed E-state index contributed by atoms with van der Waals surface area (Å²) in [6, 6.07) is 7.56. The highest BCUT2D eigenvalue weighted by atomic mass is 16.2. The molecule has 0 atom stereocenters. The van der Waals surface area contributed by atoms with Crippen molar-refractivity contribution in [2.45, 2.75) is 25.8 Å². The first-order chi connectivity index (χ1) is 10.1. The second kappa shape index (κ2) is 7.33. The average Bonchev–Trinajstić information content (AvgIpc) is 2.48. The minimum Gasteiger partial charge on any atom is -0.324 e. The molecule has 114 valence electrons. The zero-order valence-corrected chi connectivity index (χ0v) is 12.7. The fourth-order valence-corrected chi connectivity index (χ4v) is 2.69. The van der Waals surface area contributed by atoms with Crippen LogP contribution < -0.4 is 10.6 Å². The molecule has 2 rings (SSSR count). The van der Waals surface area contributed by atoms with Gasteiger partial charge >= 0.3 is 0 Å². The van der Waals surface area contributed by atoms with Gasteiger partial charge in [0.15, 0.2) is 5.78 Å². The summed E-state index contributed by atoms with van der Waals surface area (Å²) < 4.78 is 0. The first kappa shape index (κ1) is 15.7. The summed E-state index contributed by atoms with van der Waals surface area (Å²) in [6.07, 6.45) is 2.13. The van der Waals surface area contributed by atoms with E-state index in [0.717, 1.165) is 25.9 Å². The Bertz CT molecular complexity index is 510. The molecule has 1 aromatic carbocycles. The number of amides is 1. The SMILES string of the molecule is CC(=O)c1ccccc1NC(=O)CN(C)C1CCNCC1. The zero-order valence-electron chi connectivity index (χ0n) is 12.7. The molecule has 1 amide bonds. The third-order valence-electron chi connectivity index (χ3n) is 3.91. The van der Waals surface area contributed by atoms with E-state index >= 15 is 0 Å². The van der Waals surface area contributed by atoms with Gasteiger partial charge in [0.2, 0.25) is 5.91 Å². The highest BCUT2D eigenvalue weighted by molar-refractivity contribution is 6.04. The van der Waals surface area contributed by atoms with Crippen molar-refractivity contribution >= 4 is 17.4 Å². The molecule has 0 spiro atoms. The van der Waals surface area contributed by atoms with E-state index < -0.39 is 0 Å². The minimum atomic E-state index is -0.0790. The first-order valence-corrected chi connectivity index (χ1v) is 7.38. The van der Waals surface area contributed by atoms with E-state index in [1.54, 1.807) is 18.2 Å².